The molecule has 5 nitrogen and oxygen atoms in total. The fourth-order valence-corrected chi connectivity index (χ4v) is 4.45. The van der Waals surface area contributed by atoms with Crippen molar-refractivity contribution in [3.63, 3.8) is 0 Å². The van der Waals surface area contributed by atoms with Gasteiger partial charge in [0, 0.05) is 18.4 Å². The SMILES string of the molecule is C[C@@H]1CNC[C@H]1c1nn2c(C3CCCC3)nnc2s1. The molecule has 0 radical (unpaired) electrons. The maximum absolute atomic E-state index is 4.82. The van der Waals surface area contributed by atoms with Crippen LogP contribution in [0.5, 0.6) is 0 Å². The van der Waals surface area contributed by atoms with Gasteiger partial charge < -0.3 is 5.32 Å². The van der Waals surface area contributed by atoms with E-state index in [2.05, 4.69) is 22.4 Å². The van der Waals surface area contributed by atoms with E-state index in [1.54, 1.807) is 11.3 Å². The molecule has 2 aromatic rings. The fourth-order valence-electron chi connectivity index (χ4n) is 3.38. The summed E-state index contributed by atoms with van der Waals surface area (Å²) in [6.45, 7) is 4.44. The highest BCUT2D eigenvalue weighted by atomic mass is 32.1. The van der Waals surface area contributed by atoms with Gasteiger partial charge in [-0.3, -0.25) is 0 Å². The van der Waals surface area contributed by atoms with Gasteiger partial charge in [0.15, 0.2) is 5.82 Å². The molecule has 6 heteroatoms. The van der Waals surface area contributed by atoms with Crippen molar-refractivity contribution in [2.45, 2.75) is 44.4 Å². The van der Waals surface area contributed by atoms with E-state index >= 15 is 0 Å². The standard InChI is InChI=1S/C13H19N5S/c1-8-6-14-7-10(8)12-17-18-11(9-4-2-3-5-9)15-16-13(18)19-12/h8-10,14H,2-7H2,1H3/t8-,10-/m1/s1. The Morgan fingerprint density at radius 3 is 2.79 bits per heavy atom. The van der Waals surface area contributed by atoms with Gasteiger partial charge in [0.05, 0.1) is 0 Å². The first-order chi connectivity index (χ1) is 9.33. The monoisotopic (exact) mass is 277 g/mol. The van der Waals surface area contributed by atoms with Crippen molar-refractivity contribution in [3.8, 4) is 0 Å². The molecule has 1 saturated carbocycles. The molecule has 4 rings (SSSR count). The molecule has 0 unspecified atom stereocenters. The van der Waals surface area contributed by atoms with Crippen molar-refractivity contribution in [3.05, 3.63) is 10.8 Å². The fraction of sp³-hybridized carbons (Fsp3) is 0.769. The number of aromatic nitrogens is 4. The first kappa shape index (κ1) is 11.8. The minimum Gasteiger partial charge on any atom is -0.316 e. The van der Waals surface area contributed by atoms with Gasteiger partial charge in [-0.2, -0.15) is 9.61 Å². The topological polar surface area (TPSA) is 55.1 Å². The summed E-state index contributed by atoms with van der Waals surface area (Å²) in [7, 11) is 0. The zero-order chi connectivity index (χ0) is 12.8. The molecule has 0 spiro atoms. The van der Waals surface area contributed by atoms with Gasteiger partial charge >= 0.3 is 0 Å². The second-order valence-electron chi connectivity index (χ2n) is 5.92. The van der Waals surface area contributed by atoms with E-state index in [1.807, 2.05) is 4.52 Å². The quantitative estimate of drug-likeness (QED) is 0.914. The molecular formula is C13H19N5S. The first-order valence-corrected chi connectivity index (χ1v) is 8.07. The molecule has 1 aliphatic heterocycles. The minimum absolute atomic E-state index is 0.545. The van der Waals surface area contributed by atoms with Crippen LogP contribution in [-0.2, 0) is 0 Å². The normalized spacial score (nSPS) is 28.7. The van der Waals surface area contributed by atoms with Crippen LogP contribution in [0, 0.1) is 5.92 Å². The van der Waals surface area contributed by atoms with Gasteiger partial charge in [0.25, 0.3) is 0 Å². The van der Waals surface area contributed by atoms with Crippen molar-refractivity contribution in [2.75, 3.05) is 13.1 Å². The summed E-state index contributed by atoms with van der Waals surface area (Å²) in [5.74, 6) is 2.87. The van der Waals surface area contributed by atoms with Crippen LogP contribution in [0.4, 0.5) is 0 Å². The van der Waals surface area contributed by atoms with Crippen LogP contribution in [0.25, 0.3) is 4.96 Å². The van der Waals surface area contributed by atoms with Gasteiger partial charge in [0.1, 0.15) is 5.01 Å². The molecular weight excluding hydrogens is 258 g/mol. The van der Waals surface area contributed by atoms with Crippen LogP contribution in [0.3, 0.4) is 0 Å². The maximum atomic E-state index is 4.82. The molecule has 3 heterocycles. The second-order valence-corrected chi connectivity index (χ2v) is 6.90. The van der Waals surface area contributed by atoms with Gasteiger partial charge in [-0.05, 0) is 25.3 Å². The molecule has 0 bridgehead atoms. The molecule has 2 fully saturated rings. The number of hydrogen-bond donors (Lipinski definition) is 1. The van der Waals surface area contributed by atoms with E-state index in [0.29, 0.717) is 17.8 Å². The molecule has 0 amide bonds. The van der Waals surface area contributed by atoms with Crippen molar-refractivity contribution in [1.82, 2.24) is 25.1 Å². The van der Waals surface area contributed by atoms with Crippen LogP contribution in [0.1, 0.15) is 55.3 Å². The lowest BCUT2D eigenvalue weighted by Crippen LogP contribution is -2.09. The Morgan fingerprint density at radius 1 is 1.21 bits per heavy atom. The second kappa shape index (κ2) is 4.52. The van der Waals surface area contributed by atoms with Gasteiger partial charge in [-0.25, -0.2) is 0 Å². The van der Waals surface area contributed by atoms with Crippen LogP contribution in [0.2, 0.25) is 0 Å². The summed E-state index contributed by atoms with van der Waals surface area (Å²) in [5.41, 5.74) is 0. The lowest BCUT2D eigenvalue weighted by atomic mass is 9.99. The van der Waals surface area contributed by atoms with Crippen molar-refractivity contribution in [2.24, 2.45) is 5.92 Å². The highest BCUT2D eigenvalue weighted by Gasteiger charge is 2.30. The van der Waals surface area contributed by atoms with E-state index in [1.165, 1.54) is 30.7 Å². The van der Waals surface area contributed by atoms with Crippen LogP contribution >= 0.6 is 11.3 Å². The lowest BCUT2D eigenvalue weighted by Gasteiger charge is -2.09. The average molecular weight is 277 g/mol. The van der Waals surface area contributed by atoms with Crippen LogP contribution in [-0.4, -0.2) is 32.9 Å². The number of fused-ring (bicyclic) bond motifs is 1. The molecule has 1 aliphatic carbocycles. The third kappa shape index (κ3) is 1.89. The summed E-state index contributed by atoms with van der Waals surface area (Å²) >= 11 is 1.72. The van der Waals surface area contributed by atoms with Crippen molar-refractivity contribution < 1.29 is 0 Å². The van der Waals surface area contributed by atoms with E-state index in [9.17, 15) is 0 Å². The highest BCUT2D eigenvalue weighted by Crippen LogP contribution is 2.35. The molecule has 1 N–H and O–H groups in total. The molecule has 2 aliphatic rings. The maximum Gasteiger partial charge on any atom is 0.234 e. The summed E-state index contributed by atoms with van der Waals surface area (Å²) in [6.07, 6.45) is 5.13. The Bertz CT molecular complexity index is 583. The Balaban J connectivity index is 1.71. The zero-order valence-electron chi connectivity index (χ0n) is 11.2. The van der Waals surface area contributed by atoms with Crippen LogP contribution < -0.4 is 5.32 Å². The highest BCUT2D eigenvalue weighted by molar-refractivity contribution is 7.16. The number of rotatable bonds is 2. The van der Waals surface area contributed by atoms with E-state index in [-0.39, 0.29) is 0 Å². The van der Waals surface area contributed by atoms with Gasteiger partial charge in [-0.1, -0.05) is 31.1 Å². The molecule has 2 aromatic heterocycles. The lowest BCUT2D eigenvalue weighted by molar-refractivity contribution is 0.558. The third-order valence-electron chi connectivity index (χ3n) is 4.59. The van der Waals surface area contributed by atoms with Crippen LogP contribution in [0.15, 0.2) is 0 Å². The van der Waals surface area contributed by atoms with Gasteiger partial charge in [0.2, 0.25) is 4.96 Å². The zero-order valence-corrected chi connectivity index (χ0v) is 12.0. The summed E-state index contributed by atoms with van der Waals surface area (Å²) in [4.78, 5) is 0.969. The minimum atomic E-state index is 0.545. The van der Waals surface area contributed by atoms with Crippen molar-refractivity contribution in [1.29, 1.82) is 0 Å². The van der Waals surface area contributed by atoms with Gasteiger partial charge in [-0.15, -0.1) is 10.2 Å². The number of nitrogens with one attached hydrogen (secondary N) is 1. The summed E-state index contributed by atoms with van der Waals surface area (Å²) < 4.78 is 2.01. The van der Waals surface area contributed by atoms with E-state index in [4.69, 9.17) is 5.10 Å². The smallest absolute Gasteiger partial charge is 0.234 e. The van der Waals surface area contributed by atoms with E-state index < -0.39 is 0 Å². The Labute approximate surface area is 116 Å². The third-order valence-corrected chi connectivity index (χ3v) is 5.62. The Hall–Kier alpha value is -1.01. The molecule has 19 heavy (non-hydrogen) atoms. The van der Waals surface area contributed by atoms with E-state index in [0.717, 1.165) is 23.9 Å². The van der Waals surface area contributed by atoms with Crippen molar-refractivity contribution >= 4 is 16.3 Å². The predicted molar refractivity (Wildman–Crippen MR) is 74.6 cm³/mol. The summed E-state index contributed by atoms with van der Waals surface area (Å²) in [6, 6.07) is 0. The average Bonchev–Trinajstić information content (AvgIpc) is 3.10. The predicted octanol–water partition coefficient (Wildman–Crippen LogP) is 2.17. The first-order valence-electron chi connectivity index (χ1n) is 7.25. The number of nitrogens with zero attached hydrogens (tertiary/aromatic N) is 4. The summed E-state index contributed by atoms with van der Waals surface area (Å²) in [5, 5.41) is 18.2. The molecule has 0 aromatic carbocycles. The largest absolute Gasteiger partial charge is 0.316 e. The Kier molecular flexibility index (Phi) is 2.81. The number of hydrogen-bond acceptors (Lipinski definition) is 5. The molecule has 1 saturated heterocycles. The Morgan fingerprint density at radius 2 is 2.05 bits per heavy atom. The molecule has 102 valence electrons. The molecule has 2 atom stereocenters.